The number of aromatic nitrogens is 1. The van der Waals surface area contributed by atoms with Crippen molar-refractivity contribution in [3.8, 4) is 0 Å². The summed E-state index contributed by atoms with van der Waals surface area (Å²) in [5.74, 6) is 0. The van der Waals surface area contributed by atoms with E-state index in [-0.39, 0.29) is 0 Å². The van der Waals surface area contributed by atoms with Gasteiger partial charge in [0.15, 0.2) is 0 Å². The summed E-state index contributed by atoms with van der Waals surface area (Å²) in [6.07, 6.45) is 9.85. The normalized spacial score (nSPS) is 17.5. The smallest absolute Gasteiger partial charge is 0.102 e. The third-order valence-electron chi connectivity index (χ3n) is 3.67. The van der Waals surface area contributed by atoms with E-state index in [0.29, 0.717) is 0 Å². The van der Waals surface area contributed by atoms with E-state index in [1.807, 2.05) is 24.4 Å². The summed E-state index contributed by atoms with van der Waals surface area (Å²) in [5.41, 5.74) is 2.08. The zero-order valence-electron chi connectivity index (χ0n) is 10.3. The number of hydrogen-bond acceptors (Lipinski definition) is 2. The molecule has 1 aliphatic rings. The van der Waals surface area contributed by atoms with Crippen LogP contribution in [0, 0.1) is 0 Å². The summed E-state index contributed by atoms with van der Waals surface area (Å²) in [5, 5.41) is 12.7. The second kappa shape index (κ2) is 4.91. The Balaban J connectivity index is 2.05. The summed E-state index contributed by atoms with van der Waals surface area (Å²) < 4.78 is 0. The fourth-order valence-corrected chi connectivity index (χ4v) is 2.67. The number of allylic oxidation sites excluding steroid dienone is 1. The quantitative estimate of drug-likeness (QED) is 0.809. The van der Waals surface area contributed by atoms with E-state index in [2.05, 4.69) is 17.1 Å². The monoisotopic (exact) mass is 239 g/mol. The summed E-state index contributed by atoms with van der Waals surface area (Å²) in [7, 11) is 0. The van der Waals surface area contributed by atoms with Crippen LogP contribution < -0.4 is 0 Å². The van der Waals surface area contributed by atoms with Gasteiger partial charge in [0.1, 0.15) is 6.10 Å². The Hall–Kier alpha value is -1.67. The first kappa shape index (κ1) is 11.4. The number of rotatable bonds is 2. The molecule has 1 aliphatic carbocycles. The van der Waals surface area contributed by atoms with Crippen molar-refractivity contribution in [1.29, 1.82) is 0 Å². The number of hydrogen-bond donors (Lipinski definition) is 1. The molecule has 0 bridgehead atoms. The average Bonchev–Trinajstić information content (AvgIpc) is 2.47. The van der Waals surface area contributed by atoms with Crippen molar-refractivity contribution in [2.24, 2.45) is 0 Å². The van der Waals surface area contributed by atoms with Crippen LogP contribution in [-0.2, 0) is 0 Å². The Bertz CT molecular complexity index is 583. The lowest BCUT2D eigenvalue weighted by Crippen LogP contribution is -2.05. The molecular formula is C16H17NO. The van der Waals surface area contributed by atoms with Gasteiger partial charge < -0.3 is 5.11 Å². The Kier molecular flexibility index (Phi) is 3.11. The molecule has 0 radical (unpaired) electrons. The van der Waals surface area contributed by atoms with Crippen molar-refractivity contribution < 1.29 is 5.11 Å². The molecule has 0 amide bonds. The molecule has 1 unspecified atom stereocenters. The topological polar surface area (TPSA) is 33.1 Å². The fourth-order valence-electron chi connectivity index (χ4n) is 2.67. The highest BCUT2D eigenvalue weighted by molar-refractivity contribution is 5.85. The number of aliphatic hydroxyl groups is 1. The van der Waals surface area contributed by atoms with Crippen LogP contribution in [0.1, 0.15) is 37.4 Å². The minimum atomic E-state index is -0.496. The van der Waals surface area contributed by atoms with Gasteiger partial charge in [0.2, 0.25) is 0 Å². The lowest BCUT2D eigenvalue weighted by Gasteiger charge is -2.20. The maximum atomic E-state index is 10.5. The minimum Gasteiger partial charge on any atom is -0.384 e. The SMILES string of the molecule is OC(C1=CCCCC1)c1cncc2ccccc12. The van der Waals surface area contributed by atoms with E-state index < -0.39 is 6.10 Å². The molecule has 0 spiro atoms. The van der Waals surface area contributed by atoms with Crippen LogP contribution in [0.3, 0.4) is 0 Å². The zero-order chi connectivity index (χ0) is 12.4. The molecule has 0 saturated carbocycles. The van der Waals surface area contributed by atoms with Gasteiger partial charge in [-0.15, -0.1) is 0 Å². The molecule has 18 heavy (non-hydrogen) atoms. The molecule has 0 aliphatic heterocycles. The lowest BCUT2D eigenvalue weighted by molar-refractivity contribution is 0.209. The van der Waals surface area contributed by atoms with E-state index >= 15 is 0 Å². The average molecular weight is 239 g/mol. The standard InChI is InChI=1S/C16H17NO/c18-16(12-6-2-1-3-7-12)15-11-17-10-13-8-4-5-9-14(13)15/h4-6,8-11,16,18H,1-3,7H2. The molecule has 1 aromatic heterocycles. The van der Waals surface area contributed by atoms with Crippen LogP contribution in [-0.4, -0.2) is 10.1 Å². The molecule has 2 heteroatoms. The van der Waals surface area contributed by atoms with Crippen molar-refractivity contribution in [2.75, 3.05) is 0 Å². The summed E-state index contributed by atoms with van der Waals surface area (Å²) >= 11 is 0. The number of nitrogens with zero attached hydrogens (tertiary/aromatic N) is 1. The minimum absolute atomic E-state index is 0.496. The fraction of sp³-hybridized carbons (Fsp3) is 0.312. The van der Waals surface area contributed by atoms with Crippen molar-refractivity contribution in [2.45, 2.75) is 31.8 Å². The van der Waals surface area contributed by atoms with Gasteiger partial charge in [-0.05, 0) is 36.6 Å². The van der Waals surface area contributed by atoms with Gasteiger partial charge >= 0.3 is 0 Å². The Morgan fingerprint density at radius 2 is 2.00 bits per heavy atom. The highest BCUT2D eigenvalue weighted by atomic mass is 16.3. The van der Waals surface area contributed by atoms with Crippen molar-refractivity contribution in [3.05, 3.63) is 53.9 Å². The molecule has 1 N–H and O–H groups in total. The van der Waals surface area contributed by atoms with Gasteiger partial charge in [-0.1, -0.05) is 30.3 Å². The third-order valence-corrected chi connectivity index (χ3v) is 3.67. The predicted molar refractivity (Wildman–Crippen MR) is 73.3 cm³/mol. The van der Waals surface area contributed by atoms with E-state index in [9.17, 15) is 5.11 Å². The highest BCUT2D eigenvalue weighted by Crippen LogP contribution is 2.32. The van der Waals surface area contributed by atoms with E-state index in [1.54, 1.807) is 6.20 Å². The van der Waals surface area contributed by atoms with Gasteiger partial charge in [-0.25, -0.2) is 0 Å². The van der Waals surface area contributed by atoms with Crippen LogP contribution in [0.2, 0.25) is 0 Å². The summed E-state index contributed by atoms with van der Waals surface area (Å²) in [6.45, 7) is 0. The van der Waals surface area contributed by atoms with Gasteiger partial charge in [-0.3, -0.25) is 4.98 Å². The molecule has 0 fully saturated rings. The van der Waals surface area contributed by atoms with Crippen molar-refractivity contribution in [1.82, 2.24) is 4.98 Å². The van der Waals surface area contributed by atoms with E-state index in [0.717, 1.165) is 34.8 Å². The molecule has 1 heterocycles. The molecule has 2 nitrogen and oxygen atoms in total. The van der Waals surface area contributed by atoms with Crippen molar-refractivity contribution >= 4 is 10.8 Å². The van der Waals surface area contributed by atoms with Crippen LogP contribution >= 0.6 is 0 Å². The van der Waals surface area contributed by atoms with Crippen molar-refractivity contribution in [3.63, 3.8) is 0 Å². The van der Waals surface area contributed by atoms with Crippen LogP contribution in [0.5, 0.6) is 0 Å². The number of fused-ring (bicyclic) bond motifs is 1. The third kappa shape index (κ3) is 2.04. The number of benzene rings is 1. The summed E-state index contributed by atoms with van der Waals surface area (Å²) in [6, 6.07) is 8.10. The molecule has 1 atom stereocenters. The zero-order valence-corrected chi connectivity index (χ0v) is 10.3. The van der Waals surface area contributed by atoms with E-state index in [1.165, 1.54) is 12.8 Å². The van der Waals surface area contributed by atoms with E-state index in [4.69, 9.17) is 0 Å². The first-order chi connectivity index (χ1) is 8.86. The van der Waals surface area contributed by atoms with Crippen LogP contribution in [0.25, 0.3) is 10.8 Å². The lowest BCUT2D eigenvalue weighted by atomic mass is 9.90. The highest BCUT2D eigenvalue weighted by Gasteiger charge is 2.17. The maximum absolute atomic E-state index is 10.5. The first-order valence-corrected chi connectivity index (χ1v) is 6.56. The second-order valence-electron chi connectivity index (χ2n) is 4.88. The van der Waals surface area contributed by atoms with Crippen LogP contribution in [0.15, 0.2) is 48.3 Å². The maximum Gasteiger partial charge on any atom is 0.102 e. The Morgan fingerprint density at radius 3 is 2.83 bits per heavy atom. The Labute approximate surface area is 107 Å². The molecule has 3 rings (SSSR count). The molecule has 1 aromatic carbocycles. The van der Waals surface area contributed by atoms with Gasteiger partial charge in [0.25, 0.3) is 0 Å². The summed E-state index contributed by atoms with van der Waals surface area (Å²) in [4.78, 5) is 4.24. The van der Waals surface area contributed by atoms with Gasteiger partial charge in [-0.2, -0.15) is 0 Å². The second-order valence-corrected chi connectivity index (χ2v) is 4.88. The molecule has 92 valence electrons. The first-order valence-electron chi connectivity index (χ1n) is 6.56. The van der Waals surface area contributed by atoms with Crippen LogP contribution in [0.4, 0.5) is 0 Å². The number of aliphatic hydroxyl groups excluding tert-OH is 1. The number of pyridine rings is 1. The predicted octanol–water partition coefficient (Wildman–Crippen LogP) is 3.77. The molecular weight excluding hydrogens is 222 g/mol. The molecule has 2 aromatic rings. The van der Waals surface area contributed by atoms with Gasteiger partial charge in [0.05, 0.1) is 0 Å². The van der Waals surface area contributed by atoms with Gasteiger partial charge in [0, 0.05) is 23.3 Å². The Morgan fingerprint density at radius 1 is 1.11 bits per heavy atom. The molecule has 0 saturated heterocycles. The largest absolute Gasteiger partial charge is 0.384 e.